The molecule has 1 fully saturated rings. The summed E-state index contributed by atoms with van der Waals surface area (Å²) in [4.78, 5) is 32.6. The third kappa shape index (κ3) is 2.56. The van der Waals surface area contributed by atoms with E-state index < -0.39 is 34.3 Å². The van der Waals surface area contributed by atoms with E-state index in [4.69, 9.17) is 23.2 Å². The first-order valence-corrected chi connectivity index (χ1v) is 5.09. The molecule has 0 aliphatic heterocycles. The first-order valence-electron chi connectivity index (χ1n) is 4.33. The molecule has 0 bridgehead atoms. The molecule has 3 N–H and O–H groups in total. The van der Waals surface area contributed by atoms with E-state index in [1.54, 1.807) is 5.32 Å². The molecule has 0 spiro atoms. The number of nitrogens with two attached hydrogens (primary N) is 1. The highest BCUT2D eigenvalue weighted by Crippen LogP contribution is 2.64. The molecular weight excluding hydrogens is 259 g/mol. The van der Waals surface area contributed by atoms with E-state index in [0.717, 1.165) is 0 Å². The highest BCUT2D eigenvalue weighted by Gasteiger charge is 2.69. The largest absolute Gasteiger partial charge is 0.455 e. The van der Waals surface area contributed by atoms with Crippen molar-refractivity contribution in [2.45, 2.75) is 17.7 Å². The lowest BCUT2D eigenvalue weighted by molar-refractivity contribution is -0.153. The summed E-state index contributed by atoms with van der Waals surface area (Å²) in [5.74, 6) is -1.49. The molecule has 0 aromatic rings. The molecule has 1 saturated carbocycles. The van der Waals surface area contributed by atoms with Crippen LogP contribution in [0.2, 0.25) is 0 Å². The van der Waals surface area contributed by atoms with Crippen molar-refractivity contribution in [3.8, 4) is 0 Å². The third-order valence-corrected chi connectivity index (χ3v) is 3.41. The molecule has 1 aliphatic rings. The number of halogens is 2. The fraction of sp³-hybridized carbons (Fsp3) is 0.625. The molecule has 1 atom stereocenters. The Bertz CT molecular complexity index is 358. The van der Waals surface area contributed by atoms with Crippen LogP contribution in [0.5, 0.6) is 0 Å². The van der Waals surface area contributed by atoms with Gasteiger partial charge in [-0.15, -0.1) is 23.2 Å². The summed E-state index contributed by atoms with van der Waals surface area (Å²) in [5.41, 5.74) is 3.69. The fourth-order valence-corrected chi connectivity index (χ4v) is 1.77. The number of hydrogen-bond donors (Lipinski definition) is 2. The third-order valence-electron chi connectivity index (χ3n) is 2.31. The van der Waals surface area contributed by atoms with Crippen LogP contribution < -0.4 is 11.1 Å². The summed E-state index contributed by atoms with van der Waals surface area (Å²) in [5, 5.41) is 1.75. The van der Waals surface area contributed by atoms with Crippen molar-refractivity contribution in [3.05, 3.63) is 0 Å². The van der Waals surface area contributed by atoms with Gasteiger partial charge in [0.1, 0.15) is 9.75 Å². The molecule has 0 saturated heterocycles. The van der Waals surface area contributed by atoms with Crippen molar-refractivity contribution in [3.63, 3.8) is 0 Å². The molecule has 1 rings (SSSR count). The summed E-state index contributed by atoms with van der Waals surface area (Å²) in [7, 11) is 0. The van der Waals surface area contributed by atoms with Crippen LogP contribution in [0.25, 0.3) is 0 Å². The number of carbonyl (C=O) groups is 3. The average Bonchev–Trinajstić information content (AvgIpc) is 2.62. The Morgan fingerprint density at radius 3 is 2.31 bits per heavy atom. The number of primary amides is 1. The summed E-state index contributed by atoms with van der Waals surface area (Å²) < 4.78 is 3.49. The lowest BCUT2D eigenvalue weighted by atomic mass is 10.1. The second-order valence-corrected chi connectivity index (χ2v) is 5.19. The van der Waals surface area contributed by atoms with Gasteiger partial charge in [-0.1, -0.05) is 0 Å². The van der Waals surface area contributed by atoms with Crippen LogP contribution in [0.3, 0.4) is 0 Å². The minimum absolute atomic E-state index is 0.263. The number of esters is 1. The molecule has 0 heterocycles. The van der Waals surface area contributed by atoms with Crippen LogP contribution in [-0.2, 0) is 14.3 Å². The fourth-order valence-electron chi connectivity index (χ4n) is 1.09. The summed E-state index contributed by atoms with van der Waals surface area (Å²) in [6.07, 6.45) is 0.263. The SMILES string of the molecule is C[C@]1(C(=O)OCC(=O)NC(N)=O)CC1(Cl)Cl. The van der Waals surface area contributed by atoms with Crippen LogP contribution in [0.1, 0.15) is 13.3 Å². The van der Waals surface area contributed by atoms with E-state index in [1.807, 2.05) is 0 Å². The molecule has 0 unspecified atom stereocenters. The predicted molar refractivity (Wildman–Crippen MR) is 55.8 cm³/mol. The van der Waals surface area contributed by atoms with Crippen molar-refractivity contribution in [1.29, 1.82) is 0 Å². The number of ether oxygens (including phenoxy) is 1. The lowest BCUT2D eigenvalue weighted by Crippen LogP contribution is -2.38. The van der Waals surface area contributed by atoms with E-state index in [9.17, 15) is 14.4 Å². The second-order valence-electron chi connectivity index (χ2n) is 3.70. The topological polar surface area (TPSA) is 98.5 Å². The molecule has 16 heavy (non-hydrogen) atoms. The minimum Gasteiger partial charge on any atom is -0.455 e. The van der Waals surface area contributed by atoms with Crippen LogP contribution in [-0.4, -0.2) is 28.8 Å². The van der Waals surface area contributed by atoms with Crippen molar-refractivity contribution in [2.24, 2.45) is 11.1 Å². The van der Waals surface area contributed by atoms with Gasteiger partial charge in [-0.3, -0.25) is 14.9 Å². The Hall–Kier alpha value is -1.01. The van der Waals surface area contributed by atoms with Crippen molar-refractivity contribution < 1.29 is 19.1 Å². The molecule has 90 valence electrons. The van der Waals surface area contributed by atoms with Gasteiger partial charge in [0.2, 0.25) is 0 Å². The van der Waals surface area contributed by atoms with Crippen LogP contribution >= 0.6 is 23.2 Å². The number of rotatable bonds is 3. The number of hydrogen-bond acceptors (Lipinski definition) is 4. The predicted octanol–water partition coefficient (Wildman–Crippen LogP) is 0.308. The van der Waals surface area contributed by atoms with Crippen molar-refractivity contribution >= 4 is 41.1 Å². The molecular formula is C8H10Cl2N2O4. The Kier molecular flexibility index (Phi) is 3.35. The van der Waals surface area contributed by atoms with E-state index in [-0.39, 0.29) is 6.42 Å². The minimum atomic E-state index is -1.15. The van der Waals surface area contributed by atoms with Gasteiger partial charge in [0.15, 0.2) is 6.61 Å². The monoisotopic (exact) mass is 268 g/mol. The van der Waals surface area contributed by atoms with Crippen molar-refractivity contribution in [1.82, 2.24) is 5.32 Å². The van der Waals surface area contributed by atoms with Gasteiger partial charge in [0.25, 0.3) is 5.91 Å². The smallest absolute Gasteiger partial charge is 0.318 e. The van der Waals surface area contributed by atoms with Crippen molar-refractivity contribution in [2.75, 3.05) is 6.61 Å². The van der Waals surface area contributed by atoms with E-state index >= 15 is 0 Å². The Morgan fingerprint density at radius 1 is 1.44 bits per heavy atom. The molecule has 0 aromatic carbocycles. The highest BCUT2D eigenvalue weighted by atomic mass is 35.5. The zero-order valence-corrected chi connectivity index (χ0v) is 9.89. The molecule has 8 heteroatoms. The Balaban J connectivity index is 2.38. The number of nitrogens with one attached hydrogen (secondary N) is 1. The van der Waals surface area contributed by atoms with Gasteiger partial charge >= 0.3 is 12.0 Å². The second kappa shape index (κ2) is 4.10. The Labute approximate surface area is 101 Å². The van der Waals surface area contributed by atoms with E-state index in [1.165, 1.54) is 6.92 Å². The normalized spacial score (nSPS) is 25.7. The molecule has 1 aliphatic carbocycles. The molecule has 0 radical (unpaired) electrons. The summed E-state index contributed by atoms with van der Waals surface area (Å²) >= 11 is 11.5. The van der Waals surface area contributed by atoms with Crippen LogP contribution in [0.15, 0.2) is 0 Å². The lowest BCUT2D eigenvalue weighted by Gasteiger charge is -2.10. The van der Waals surface area contributed by atoms with Gasteiger partial charge < -0.3 is 10.5 Å². The zero-order valence-electron chi connectivity index (χ0n) is 8.38. The maximum absolute atomic E-state index is 11.4. The van der Waals surface area contributed by atoms with Gasteiger partial charge in [0, 0.05) is 6.42 Å². The number of imide groups is 1. The van der Waals surface area contributed by atoms with E-state index in [0.29, 0.717) is 0 Å². The Morgan fingerprint density at radius 2 is 1.94 bits per heavy atom. The maximum Gasteiger partial charge on any atom is 0.318 e. The quantitative estimate of drug-likeness (QED) is 0.569. The first kappa shape index (κ1) is 13.1. The molecule has 3 amide bonds. The van der Waals surface area contributed by atoms with Gasteiger partial charge in [-0.2, -0.15) is 0 Å². The number of alkyl halides is 2. The number of urea groups is 1. The number of amides is 3. The van der Waals surface area contributed by atoms with Gasteiger partial charge in [0.05, 0.1) is 0 Å². The standard InChI is InChI=1S/C8H10Cl2N2O4/c1-7(3-8(7,9)10)5(14)16-2-4(13)12-6(11)15/h2-3H2,1H3,(H3,11,12,13,15)/t7-/m1/s1. The summed E-state index contributed by atoms with van der Waals surface area (Å²) in [6.45, 7) is 0.933. The highest BCUT2D eigenvalue weighted by molar-refractivity contribution is 6.53. The van der Waals surface area contributed by atoms with E-state index in [2.05, 4.69) is 10.5 Å². The number of carbonyl (C=O) groups excluding carboxylic acids is 3. The molecule has 6 nitrogen and oxygen atoms in total. The first-order chi connectivity index (χ1) is 7.19. The summed E-state index contributed by atoms with van der Waals surface area (Å²) in [6, 6.07) is -1.01. The zero-order chi connectivity index (χ0) is 12.6. The van der Waals surface area contributed by atoms with Gasteiger partial charge in [-0.25, -0.2) is 4.79 Å². The maximum atomic E-state index is 11.4. The molecule has 0 aromatic heterocycles. The van der Waals surface area contributed by atoms with Gasteiger partial charge in [-0.05, 0) is 6.92 Å². The average molecular weight is 269 g/mol. The van der Waals surface area contributed by atoms with Crippen LogP contribution in [0.4, 0.5) is 4.79 Å². The van der Waals surface area contributed by atoms with Crippen LogP contribution in [0, 0.1) is 5.41 Å².